The minimum atomic E-state index is -0.432. The Hall–Kier alpha value is -2.06. The monoisotopic (exact) mass is 353 g/mol. The van der Waals surface area contributed by atoms with Gasteiger partial charge in [-0.3, -0.25) is 9.59 Å². The third kappa shape index (κ3) is 4.70. The van der Waals surface area contributed by atoms with E-state index >= 15 is 0 Å². The van der Waals surface area contributed by atoms with Gasteiger partial charge in [0.2, 0.25) is 11.8 Å². The summed E-state index contributed by atoms with van der Waals surface area (Å²) in [6.45, 7) is 2.50. The van der Waals surface area contributed by atoms with E-state index in [0.29, 0.717) is 28.2 Å². The summed E-state index contributed by atoms with van der Waals surface area (Å²) in [7, 11) is 0. The van der Waals surface area contributed by atoms with Crippen LogP contribution in [0.15, 0.2) is 29.4 Å². The van der Waals surface area contributed by atoms with Gasteiger partial charge in [-0.25, -0.2) is 0 Å². The number of carbonyl (C=O) groups excluding carboxylic acids is 2. The molecule has 1 heterocycles. The minimum absolute atomic E-state index is 0.0587. The van der Waals surface area contributed by atoms with E-state index in [1.54, 1.807) is 28.8 Å². The summed E-state index contributed by atoms with van der Waals surface area (Å²) >= 11 is 7.21. The van der Waals surface area contributed by atoms with Crippen molar-refractivity contribution in [3.8, 4) is 0 Å². The van der Waals surface area contributed by atoms with Gasteiger partial charge in [-0.15, -0.1) is 10.2 Å². The van der Waals surface area contributed by atoms with Crippen LogP contribution in [-0.4, -0.2) is 32.3 Å². The van der Waals surface area contributed by atoms with E-state index < -0.39 is 5.91 Å². The van der Waals surface area contributed by atoms with Crippen LogP contribution in [0.2, 0.25) is 5.02 Å². The summed E-state index contributed by atoms with van der Waals surface area (Å²) in [6, 6.07) is 6.99. The van der Waals surface area contributed by atoms with Gasteiger partial charge < -0.3 is 15.6 Å². The van der Waals surface area contributed by atoms with Gasteiger partial charge in [-0.2, -0.15) is 0 Å². The average molecular weight is 354 g/mol. The van der Waals surface area contributed by atoms with Crippen molar-refractivity contribution in [1.82, 2.24) is 14.8 Å². The molecule has 0 saturated carbocycles. The van der Waals surface area contributed by atoms with Crippen LogP contribution in [0.1, 0.15) is 12.7 Å². The van der Waals surface area contributed by atoms with Gasteiger partial charge in [0.05, 0.1) is 22.9 Å². The molecule has 2 aromatic rings. The predicted molar refractivity (Wildman–Crippen MR) is 89.4 cm³/mol. The first kappa shape index (κ1) is 17.3. The van der Waals surface area contributed by atoms with Crippen molar-refractivity contribution in [2.45, 2.75) is 25.0 Å². The SMILES string of the molecule is CCn1c(CC(=O)Nc2ccccc2Cl)nnc1SCC(N)=O. The molecule has 0 fully saturated rings. The van der Waals surface area contributed by atoms with Crippen molar-refractivity contribution < 1.29 is 9.59 Å². The first-order chi connectivity index (χ1) is 11.0. The Labute approximate surface area is 142 Å². The predicted octanol–water partition coefficient (Wildman–Crippen LogP) is 1.71. The molecular formula is C14H16ClN5O2S. The highest BCUT2D eigenvalue weighted by Gasteiger charge is 2.16. The molecule has 7 nitrogen and oxygen atoms in total. The van der Waals surface area contributed by atoms with E-state index in [1.807, 2.05) is 6.92 Å². The van der Waals surface area contributed by atoms with Gasteiger partial charge >= 0.3 is 0 Å². The Kier molecular flexibility index (Phi) is 6.00. The molecule has 1 aromatic carbocycles. The molecule has 0 radical (unpaired) electrons. The molecule has 23 heavy (non-hydrogen) atoms. The maximum absolute atomic E-state index is 12.1. The summed E-state index contributed by atoms with van der Waals surface area (Å²) < 4.78 is 1.78. The molecule has 0 aliphatic rings. The number of hydrogen-bond acceptors (Lipinski definition) is 5. The summed E-state index contributed by atoms with van der Waals surface area (Å²) in [5, 5.41) is 11.8. The molecule has 0 atom stereocenters. The number of rotatable bonds is 7. The lowest BCUT2D eigenvalue weighted by molar-refractivity contribution is -0.116. The molecule has 0 spiro atoms. The molecule has 0 aliphatic heterocycles. The molecule has 1 aromatic heterocycles. The maximum atomic E-state index is 12.1. The lowest BCUT2D eigenvalue weighted by Crippen LogP contribution is -2.18. The molecular weight excluding hydrogens is 338 g/mol. The number of para-hydroxylation sites is 1. The van der Waals surface area contributed by atoms with Crippen LogP contribution < -0.4 is 11.1 Å². The van der Waals surface area contributed by atoms with Crippen molar-refractivity contribution in [3.63, 3.8) is 0 Å². The van der Waals surface area contributed by atoms with E-state index in [4.69, 9.17) is 17.3 Å². The number of primary amides is 1. The van der Waals surface area contributed by atoms with Gasteiger partial charge in [0.15, 0.2) is 5.16 Å². The zero-order chi connectivity index (χ0) is 16.8. The number of anilines is 1. The molecule has 9 heteroatoms. The Morgan fingerprint density at radius 2 is 2.09 bits per heavy atom. The van der Waals surface area contributed by atoms with E-state index in [2.05, 4.69) is 15.5 Å². The van der Waals surface area contributed by atoms with E-state index in [0.717, 1.165) is 0 Å². The smallest absolute Gasteiger partial charge is 0.232 e. The molecule has 2 rings (SSSR count). The fourth-order valence-electron chi connectivity index (χ4n) is 1.91. The number of thioether (sulfide) groups is 1. The highest BCUT2D eigenvalue weighted by Crippen LogP contribution is 2.21. The summed E-state index contributed by atoms with van der Waals surface area (Å²) in [4.78, 5) is 23.0. The lowest BCUT2D eigenvalue weighted by Gasteiger charge is -2.08. The second kappa shape index (κ2) is 7.98. The summed E-state index contributed by atoms with van der Waals surface area (Å²) in [5.74, 6) is -0.0430. The third-order valence-electron chi connectivity index (χ3n) is 2.92. The van der Waals surface area contributed by atoms with Gasteiger partial charge in [0.1, 0.15) is 5.82 Å². The number of amides is 2. The normalized spacial score (nSPS) is 10.5. The highest BCUT2D eigenvalue weighted by molar-refractivity contribution is 7.99. The molecule has 0 unspecified atom stereocenters. The van der Waals surface area contributed by atoms with Gasteiger partial charge in [0, 0.05) is 6.54 Å². The number of carbonyl (C=O) groups is 2. The van der Waals surface area contributed by atoms with Gasteiger partial charge in [-0.05, 0) is 19.1 Å². The zero-order valence-corrected chi connectivity index (χ0v) is 14.0. The second-order valence-corrected chi connectivity index (χ2v) is 5.95. The zero-order valence-electron chi connectivity index (χ0n) is 12.5. The number of nitrogens with two attached hydrogens (primary N) is 1. The number of hydrogen-bond donors (Lipinski definition) is 2. The first-order valence-corrected chi connectivity index (χ1v) is 8.25. The fourth-order valence-corrected chi connectivity index (χ4v) is 2.85. The van der Waals surface area contributed by atoms with Crippen molar-refractivity contribution >= 4 is 40.9 Å². The topological polar surface area (TPSA) is 103 Å². The Morgan fingerprint density at radius 1 is 1.35 bits per heavy atom. The largest absolute Gasteiger partial charge is 0.369 e. The van der Waals surface area contributed by atoms with Crippen molar-refractivity contribution in [2.75, 3.05) is 11.1 Å². The average Bonchev–Trinajstić information content (AvgIpc) is 2.89. The van der Waals surface area contributed by atoms with Crippen LogP contribution in [0, 0.1) is 0 Å². The third-order valence-corrected chi connectivity index (χ3v) is 4.24. The number of nitrogens with one attached hydrogen (secondary N) is 1. The second-order valence-electron chi connectivity index (χ2n) is 4.60. The molecule has 3 N–H and O–H groups in total. The molecule has 0 aliphatic carbocycles. The van der Waals surface area contributed by atoms with Gasteiger partial charge in [0.25, 0.3) is 0 Å². The Balaban J connectivity index is 2.06. The number of nitrogens with zero attached hydrogens (tertiary/aromatic N) is 3. The fraction of sp³-hybridized carbons (Fsp3) is 0.286. The highest BCUT2D eigenvalue weighted by atomic mass is 35.5. The Morgan fingerprint density at radius 3 is 2.74 bits per heavy atom. The van der Waals surface area contributed by atoms with E-state index in [-0.39, 0.29) is 18.1 Å². The van der Waals surface area contributed by atoms with E-state index in [1.165, 1.54) is 11.8 Å². The van der Waals surface area contributed by atoms with Crippen molar-refractivity contribution in [3.05, 3.63) is 35.1 Å². The van der Waals surface area contributed by atoms with Crippen molar-refractivity contribution in [2.24, 2.45) is 5.73 Å². The van der Waals surface area contributed by atoms with Crippen LogP contribution in [0.3, 0.4) is 0 Å². The van der Waals surface area contributed by atoms with Crippen LogP contribution in [-0.2, 0) is 22.6 Å². The molecule has 2 amide bonds. The standard InChI is InChI=1S/C14H16ClN5O2S/c1-2-20-12(18-19-14(20)23-8-11(16)21)7-13(22)17-10-6-4-3-5-9(10)15/h3-6H,2,7-8H2,1H3,(H2,16,21)(H,17,22). The molecule has 122 valence electrons. The first-order valence-electron chi connectivity index (χ1n) is 6.88. The number of benzene rings is 1. The lowest BCUT2D eigenvalue weighted by atomic mass is 10.3. The summed E-state index contributed by atoms with van der Waals surface area (Å²) in [5.41, 5.74) is 5.67. The van der Waals surface area contributed by atoms with E-state index in [9.17, 15) is 9.59 Å². The van der Waals surface area contributed by atoms with Crippen molar-refractivity contribution in [1.29, 1.82) is 0 Å². The Bertz CT molecular complexity index is 719. The maximum Gasteiger partial charge on any atom is 0.232 e. The van der Waals surface area contributed by atoms with Crippen LogP contribution in [0.5, 0.6) is 0 Å². The molecule has 0 bridgehead atoms. The molecule has 0 saturated heterocycles. The number of aromatic nitrogens is 3. The summed E-state index contributed by atoms with van der Waals surface area (Å²) in [6.07, 6.45) is 0.0587. The van der Waals surface area contributed by atoms with Gasteiger partial charge in [-0.1, -0.05) is 35.5 Å². The number of halogens is 1. The quantitative estimate of drug-likeness (QED) is 0.737. The van der Waals surface area contributed by atoms with Crippen LogP contribution >= 0.6 is 23.4 Å². The van der Waals surface area contributed by atoms with Crippen LogP contribution in [0.4, 0.5) is 5.69 Å². The minimum Gasteiger partial charge on any atom is -0.369 e. The van der Waals surface area contributed by atoms with Crippen LogP contribution in [0.25, 0.3) is 0 Å².